The van der Waals surface area contributed by atoms with E-state index in [1.165, 1.54) is 12.1 Å². The van der Waals surface area contributed by atoms with Crippen LogP contribution in [-0.4, -0.2) is 111 Å². The van der Waals surface area contributed by atoms with Crippen LogP contribution in [0.4, 0.5) is 25.1 Å². The number of piperazine rings is 2. The lowest BCUT2D eigenvalue weighted by atomic mass is 10.1. The highest BCUT2D eigenvalue weighted by Crippen LogP contribution is 2.28. The number of imidazole rings is 1. The number of benzene rings is 2. The van der Waals surface area contributed by atoms with Crippen LogP contribution in [0, 0.1) is 6.92 Å². The number of aryl methyl sites for hydroxylation is 1. The Bertz CT molecular complexity index is 1680. The van der Waals surface area contributed by atoms with Crippen LogP contribution in [-0.2, 0) is 0 Å². The molecule has 0 radical (unpaired) electrons. The minimum atomic E-state index is -2.89. The number of nitrogens with one attached hydrogen (secondary N) is 2. The summed E-state index contributed by atoms with van der Waals surface area (Å²) in [5.41, 5.74) is 4.20. The van der Waals surface area contributed by atoms with Crippen LogP contribution in [0.5, 0.6) is 5.75 Å². The van der Waals surface area contributed by atoms with Crippen molar-refractivity contribution < 1.29 is 28.2 Å². The van der Waals surface area contributed by atoms with Crippen molar-refractivity contribution in [2.75, 3.05) is 57.7 Å². The van der Waals surface area contributed by atoms with Crippen LogP contribution in [0.1, 0.15) is 15.9 Å². The zero-order valence-corrected chi connectivity index (χ0v) is 25.9. The Morgan fingerprint density at radius 2 is 1.78 bits per heavy atom. The number of rotatable bonds is 7. The number of nitrogens with zero attached hydrogens (tertiary/aromatic N) is 6. The summed E-state index contributed by atoms with van der Waals surface area (Å²) < 4.78 is 31.3. The zero-order chi connectivity index (χ0) is 31.5. The lowest BCUT2D eigenvalue weighted by molar-refractivity contribution is -0.0498. The summed E-state index contributed by atoms with van der Waals surface area (Å²) in [7, 11) is 0. The van der Waals surface area contributed by atoms with Gasteiger partial charge in [-0.15, -0.1) is 12.4 Å². The maximum Gasteiger partial charge on any atom is 0.387 e. The van der Waals surface area contributed by atoms with Crippen molar-refractivity contribution >= 4 is 41.5 Å². The van der Waals surface area contributed by atoms with E-state index in [0.29, 0.717) is 62.8 Å². The number of fused-ring (bicyclic) bond motifs is 1. The Morgan fingerprint density at radius 1 is 1.04 bits per heavy atom. The van der Waals surface area contributed by atoms with Gasteiger partial charge in [-0.05, 0) is 55.0 Å². The summed E-state index contributed by atoms with van der Waals surface area (Å²) in [5, 5.41) is 15.9. The largest absolute Gasteiger partial charge is 0.435 e. The highest BCUT2D eigenvalue weighted by Gasteiger charge is 2.30. The highest BCUT2D eigenvalue weighted by molar-refractivity contribution is 5.96. The second-order valence-corrected chi connectivity index (χ2v) is 11.0. The van der Waals surface area contributed by atoms with Crippen LogP contribution in [0.2, 0.25) is 0 Å². The predicted octanol–water partition coefficient (Wildman–Crippen LogP) is 3.62. The molecule has 0 aliphatic carbocycles. The number of anilines is 2. The molecule has 12 nitrogen and oxygen atoms in total. The third-order valence-electron chi connectivity index (χ3n) is 8.11. The molecule has 1 unspecified atom stereocenters. The first-order valence-electron chi connectivity index (χ1n) is 14.7. The van der Waals surface area contributed by atoms with E-state index in [-0.39, 0.29) is 42.7 Å². The van der Waals surface area contributed by atoms with E-state index in [1.54, 1.807) is 51.5 Å². The molecule has 2 aliphatic rings. The molecule has 2 aromatic carbocycles. The molecule has 3 amide bonds. The van der Waals surface area contributed by atoms with Gasteiger partial charge < -0.3 is 35.2 Å². The summed E-state index contributed by atoms with van der Waals surface area (Å²) >= 11 is 0. The molecule has 3 N–H and O–H groups in total. The monoisotopic (exact) mass is 656 g/mol. The van der Waals surface area contributed by atoms with Gasteiger partial charge in [-0.3, -0.25) is 9.20 Å². The first kappa shape index (κ1) is 32.9. The molecule has 15 heteroatoms. The van der Waals surface area contributed by atoms with Crippen molar-refractivity contribution in [3.63, 3.8) is 0 Å². The topological polar surface area (TPSA) is 128 Å². The fourth-order valence-electron chi connectivity index (χ4n) is 5.74. The number of aromatic nitrogens is 3. The van der Waals surface area contributed by atoms with Gasteiger partial charge >= 0.3 is 12.6 Å². The van der Waals surface area contributed by atoms with Crippen molar-refractivity contribution in [1.29, 1.82) is 0 Å². The second-order valence-electron chi connectivity index (χ2n) is 11.0. The molecule has 6 rings (SSSR count). The van der Waals surface area contributed by atoms with Crippen LogP contribution in [0.25, 0.3) is 16.9 Å². The van der Waals surface area contributed by atoms with Gasteiger partial charge in [0.25, 0.3) is 5.91 Å². The fourth-order valence-corrected chi connectivity index (χ4v) is 5.74. The minimum Gasteiger partial charge on any atom is -0.435 e. The van der Waals surface area contributed by atoms with Crippen molar-refractivity contribution in [2.24, 2.45) is 0 Å². The fraction of sp³-hybridized carbons (Fsp3) is 0.355. The number of urea groups is 1. The number of carbonyl (C=O) groups excluding carboxylic acids is 2. The highest BCUT2D eigenvalue weighted by atomic mass is 35.5. The molecule has 4 heterocycles. The van der Waals surface area contributed by atoms with Gasteiger partial charge in [0.1, 0.15) is 5.75 Å². The summed E-state index contributed by atoms with van der Waals surface area (Å²) in [6.45, 7) is 2.46. The molecule has 0 spiro atoms. The van der Waals surface area contributed by atoms with Gasteiger partial charge in [0.05, 0.1) is 18.5 Å². The van der Waals surface area contributed by atoms with Crippen molar-refractivity contribution in [3.05, 3.63) is 72.2 Å². The minimum absolute atomic E-state index is 0. The molecule has 1 atom stereocenters. The standard InChI is InChI=1S/C31H34F2N8O4.ClH/c1-20-16-22(37-27-28-36-17-26(41(28)11-9-35-27)21-2-5-24(6-3-21)45-30(32)33)4-7-25(20)29(43)38-12-14-39(15-13-38)31(44)40-10-8-34-23(18-40)19-42;/h2-7,9,11,16-17,23,30,34,42H,8,10,12-15,18-19H2,1H3,(H,35,37);1H. The molecular weight excluding hydrogens is 622 g/mol. The van der Waals surface area contributed by atoms with E-state index in [9.17, 15) is 23.5 Å². The summed E-state index contributed by atoms with van der Waals surface area (Å²) in [4.78, 5) is 40.7. The number of alkyl halides is 2. The van der Waals surface area contributed by atoms with Crippen molar-refractivity contribution in [1.82, 2.24) is 34.4 Å². The predicted molar refractivity (Wildman–Crippen MR) is 170 cm³/mol. The Morgan fingerprint density at radius 3 is 2.48 bits per heavy atom. The average Bonchev–Trinajstić information content (AvgIpc) is 3.50. The number of hydrogen-bond acceptors (Lipinski definition) is 8. The molecule has 2 fully saturated rings. The van der Waals surface area contributed by atoms with Gasteiger partial charge in [0.15, 0.2) is 11.5 Å². The van der Waals surface area contributed by atoms with E-state index in [0.717, 1.165) is 22.5 Å². The zero-order valence-electron chi connectivity index (χ0n) is 25.1. The lowest BCUT2D eigenvalue weighted by Gasteiger charge is -2.40. The number of hydrogen-bond donors (Lipinski definition) is 3. The SMILES string of the molecule is Cc1cc(Nc2nccn3c(-c4ccc(OC(F)F)cc4)cnc23)ccc1C(=O)N1CCN(C(=O)N2CCNC(CO)C2)CC1.Cl. The van der Waals surface area contributed by atoms with Crippen molar-refractivity contribution in [3.8, 4) is 17.0 Å². The first-order chi connectivity index (χ1) is 21.8. The van der Waals surface area contributed by atoms with Crippen LogP contribution >= 0.6 is 12.4 Å². The molecule has 0 bridgehead atoms. The number of aliphatic hydroxyl groups excluding tert-OH is 1. The Kier molecular flexibility index (Phi) is 10.2. The molecule has 0 saturated carbocycles. The molecule has 2 aromatic heterocycles. The van der Waals surface area contributed by atoms with Gasteiger partial charge in [-0.1, -0.05) is 0 Å². The first-order valence-corrected chi connectivity index (χ1v) is 14.7. The number of aliphatic hydroxyl groups is 1. The molecule has 244 valence electrons. The van der Waals surface area contributed by atoms with E-state index in [2.05, 4.69) is 25.3 Å². The number of ether oxygens (including phenoxy) is 1. The summed E-state index contributed by atoms with van der Waals surface area (Å²) in [6, 6.07) is 11.6. The quantitative estimate of drug-likeness (QED) is 0.275. The molecule has 2 saturated heterocycles. The molecular formula is C31H35ClF2N8O4. The normalized spacial score (nSPS) is 16.8. The summed E-state index contributed by atoms with van der Waals surface area (Å²) in [6.07, 6.45) is 5.08. The van der Waals surface area contributed by atoms with Gasteiger partial charge in [-0.25, -0.2) is 14.8 Å². The number of carbonyl (C=O) groups is 2. The maximum atomic E-state index is 13.4. The summed E-state index contributed by atoms with van der Waals surface area (Å²) in [5.74, 6) is 0.497. The molecule has 2 aliphatic heterocycles. The van der Waals surface area contributed by atoms with Gasteiger partial charge in [-0.2, -0.15) is 8.78 Å². The number of amides is 3. The third kappa shape index (κ3) is 6.98. The van der Waals surface area contributed by atoms with Gasteiger partial charge in [0, 0.05) is 81.1 Å². The molecule has 4 aromatic rings. The Hall–Kier alpha value is -4.53. The second kappa shape index (κ2) is 14.3. The smallest absolute Gasteiger partial charge is 0.387 e. The lowest BCUT2D eigenvalue weighted by Crippen LogP contribution is -2.59. The molecule has 46 heavy (non-hydrogen) atoms. The van der Waals surface area contributed by atoms with Crippen LogP contribution < -0.4 is 15.4 Å². The van der Waals surface area contributed by atoms with Gasteiger partial charge in [0.2, 0.25) is 0 Å². The Labute approximate surface area is 270 Å². The van der Waals surface area contributed by atoms with E-state index < -0.39 is 6.61 Å². The maximum absolute atomic E-state index is 13.4. The van der Waals surface area contributed by atoms with Crippen LogP contribution in [0.3, 0.4) is 0 Å². The van der Waals surface area contributed by atoms with E-state index in [4.69, 9.17) is 0 Å². The number of halogens is 3. The van der Waals surface area contributed by atoms with E-state index in [1.807, 2.05) is 23.5 Å². The third-order valence-corrected chi connectivity index (χ3v) is 8.11. The van der Waals surface area contributed by atoms with Crippen molar-refractivity contribution in [2.45, 2.75) is 19.6 Å². The van der Waals surface area contributed by atoms with Crippen LogP contribution in [0.15, 0.2) is 61.1 Å². The van der Waals surface area contributed by atoms with E-state index >= 15 is 0 Å². The average molecular weight is 657 g/mol. The Balaban J connectivity index is 0.00000417.